The number of aromatic nitrogens is 3. The Morgan fingerprint density at radius 2 is 1.75 bits per heavy atom. The van der Waals surface area contributed by atoms with E-state index in [2.05, 4.69) is 42.8 Å². The molecule has 0 saturated heterocycles. The second-order valence-electron chi connectivity index (χ2n) is 5.83. The standard InChI is InChI=1S/C18H15BrFN3S/c19-14-5-1-12(2-6-14)11-24-18-22-21-17(23(18)16-9-10-16)13-3-7-15(20)8-4-13/h1-8,16H,9-11H2. The molecule has 122 valence electrons. The molecule has 0 bridgehead atoms. The Morgan fingerprint density at radius 3 is 2.42 bits per heavy atom. The molecule has 0 radical (unpaired) electrons. The summed E-state index contributed by atoms with van der Waals surface area (Å²) in [6, 6.07) is 15.2. The molecule has 1 heterocycles. The smallest absolute Gasteiger partial charge is 0.192 e. The molecule has 1 aliphatic carbocycles. The normalized spacial score (nSPS) is 14.1. The molecule has 0 unspecified atom stereocenters. The van der Waals surface area contributed by atoms with Gasteiger partial charge < -0.3 is 0 Å². The molecule has 0 amide bonds. The van der Waals surface area contributed by atoms with Crippen molar-refractivity contribution >= 4 is 27.7 Å². The first-order valence-electron chi connectivity index (χ1n) is 7.79. The fourth-order valence-electron chi connectivity index (χ4n) is 2.56. The minimum atomic E-state index is -0.235. The second-order valence-corrected chi connectivity index (χ2v) is 7.69. The molecule has 0 N–H and O–H groups in total. The van der Waals surface area contributed by atoms with Crippen LogP contribution in [0.25, 0.3) is 11.4 Å². The van der Waals surface area contributed by atoms with E-state index in [-0.39, 0.29) is 5.82 Å². The average Bonchev–Trinajstić information content (AvgIpc) is 3.35. The van der Waals surface area contributed by atoms with Crippen molar-refractivity contribution in [2.45, 2.75) is 29.8 Å². The molecule has 0 atom stereocenters. The maximum Gasteiger partial charge on any atom is 0.192 e. The number of rotatable bonds is 5. The van der Waals surface area contributed by atoms with Gasteiger partial charge in [0.25, 0.3) is 0 Å². The third kappa shape index (κ3) is 3.39. The zero-order chi connectivity index (χ0) is 16.5. The summed E-state index contributed by atoms with van der Waals surface area (Å²) in [5.74, 6) is 1.44. The van der Waals surface area contributed by atoms with Gasteiger partial charge in [-0.05, 0) is 54.8 Å². The highest BCUT2D eigenvalue weighted by molar-refractivity contribution is 9.10. The van der Waals surface area contributed by atoms with Gasteiger partial charge in [0, 0.05) is 21.8 Å². The largest absolute Gasteiger partial charge is 0.299 e. The van der Waals surface area contributed by atoms with Gasteiger partial charge in [-0.3, -0.25) is 4.57 Å². The molecule has 0 aliphatic heterocycles. The van der Waals surface area contributed by atoms with Crippen LogP contribution in [0, 0.1) is 5.82 Å². The summed E-state index contributed by atoms with van der Waals surface area (Å²) in [4.78, 5) is 0. The van der Waals surface area contributed by atoms with Crippen molar-refractivity contribution in [3.05, 3.63) is 64.4 Å². The monoisotopic (exact) mass is 403 g/mol. The van der Waals surface area contributed by atoms with Crippen LogP contribution < -0.4 is 0 Å². The lowest BCUT2D eigenvalue weighted by atomic mass is 10.2. The Labute approximate surface area is 152 Å². The van der Waals surface area contributed by atoms with Gasteiger partial charge in [-0.15, -0.1) is 10.2 Å². The maximum absolute atomic E-state index is 13.2. The van der Waals surface area contributed by atoms with E-state index in [9.17, 15) is 4.39 Å². The van der Waals surface area contributed by atoms with Crippen molar-refractivity contribution in [2.24, 2.45) is 0 Å². The maximum atomic E-state index is 13.2. The van der Waals surface area contributed by atoms with Gasteiger partial charge >= 0.3 is 0 Å². The number of nitrogens with zero attached hydrogens (tertiary/aromatic N) is 3. The molecule has 2 aromatic carbocycles. The first-order chi connectivity index (χ1) is 11.7. The second kappa shape index (κ2) is 6.69. The SMILES string of the molecule is Fc1ccc(-c2nnc(SCc3ccc(Br)cc3)n2C2CC2)cc1. The zero-order valence-corrected chi connectivity index (χ0v) is 15.2. The lowest BCUT2D eigenvalue weighted by Crippen LogP contribution is -1.99. The number of hydrogen-bond acceptors (Lipinski definition) is 3. The number of hydrogen-bond donors (Lipinski definition) is 0. The molecule has 1 aromatic heterocycles. The number of thioether (sulfide) groups is 1. The first-order valence-corrected chi connectivity index (χ1v) is 9.56. The molecule has 1 saturated carbocycles. The minimum absolute atomic E-state index is 0.235. The van der Waals surface area contributed by atoms with E-state index < -0.39 is 0 Å². The van der Waals surface area contributed by atoms with Crippen molar-refractivity contribution in [1.82, 2.24) is 14.8 Å². The molecule has 24 heavy (non-hydrogen) atoms. The summed E-state index contributed by atoms with van der Waals surface area (Å²) in [5, 5.41) is 9.68. The van der Waals surface area contributed by atoms with E-state index in [1.54, 1.807) is 23.9 Å². The minimum Gasteiger partial charge on any atom is -0.299 e. The average molecular weight is 404 g/mol. The number of benzene rings is 2. The molecule has 3 nitrogen and oxygen atoms in total. The van der Waals surface area contributed by atoms with Crippen molar-refractivity contribution < 1.29 is 4.39 Å². The Balaban J connectivity index is 1.59. The fourth-order valence-corrected chi connectivity index (χ4v) is 3.79. The lowest BCUT2D eigenvalue weighted by molar-refractivity contribution is 0.627. The van der Waals surface area contributed by atoms with Gasteiger partial charge in [0.2, 0.25) is 0 Å². The van der Waals surface area contributed by atoms with E-state index in [0.29, 0.717) is 6.04 Å². The highest BCUT2D eigenvalue weighted by Gasteiger charge is 2.30. The van der Waals surface area contributed by atoms with Gasteiger partial charge in [-0.2, -0.15) is 0 Å². The summed E-state index contributed by atoms with van der Waals surface area (Å²) in [5.41, 5.74) is 2.16. The van der Waals surface area contributed by atoms with Crippen LogP contribution >= 0.6 is 27.7 Å². The van der Waals surface area contributed by atoms with Crippen LogP contribution in [0.3, 0.4) is 0 Å². The van der Waals surface area contributed by atoms with E-state index in [4.69, 9.17) is 0 Å². The van der Waals surface area contributed by atoms with E-state index >= 15 is 0 Å². The van der Waals surface area contributed by atoms with Crippen LogP contribution in [0.15, 0.2) is 58.2 Å². The molecule has 4 rings (SSSR count). The predicted molar refractivity (Wildman–Crippen MR) is 97.4 cm³/mol. The van der Waals surface area contributed by atoms with Crippen molar-refractivity contribution in [3.8, 4) is 11.4 Å². The summed E-state index contributed by atoms with van der Waals surface area (Å²) in [7, 11) is 0. The molecule has 1 aliphatic rings. The highest BCUT2D eigenvalue weighted by atomic mass is 79.9. The molecule has 0 spiro atoms. The molecule has 3 aromatic rings. The van der Waals surface area contributed by atoms with E-state index in [1.165, 1.54) is 17.7 Å². The van der Waals surface area contributed by atoms with Crippen LogP contribution in [0.1, 0.15) is 24.4 Å². The van der Waals surface area contributed by atoms with Gasteiger partial charge in [-0.1, -0.05) is 39.8 Å². The van der Waals surface area contributed by atoms with Gasteiger partial charge in [0.15, 0.2) is 11.0 Å². The molecule has 6 heteroatoms. The number of halogens is 2. The van der Waals surface area contributed by atoms with E-state index in [0.717, 1.165) is 39.6 Å². The van der Waals surface area contributed by atoms with E-state index in [1.807, 2.05) is 12.1 Å². The summed E-state index contributed by atoms with van der Waals surface area (Å²) < 4.78 is 16.5. The summed E-state index contributed by atoms with van der Waals surface area (Å²) >= 11 is 5.15. The molecular weight excluding hydrogens is 389 g/mol. The van der Waals surface area contributed by atoms with Crippen molar-refractivity contribution in [2.75, 3.05) is 0 Å². The first kappa shape index (κ1) is 15.8. The molecular formula is C18H15BrFN3S. The van der Waals surface area contributed by atoms with Crippen LogP contribution in [0.5, 0.6) is 0 Å². The Morgan fingerprint density at radius 1 is 1.04 bits per heavy atom. The highest BCUT2D eigenvalue weighted by Crippen LogP contribution is 2.41. The quantitative estimate of drug-likeness (QED) is 0.528. The Hall–Kier alpha value is -1.66. The van der Waals surface area contributed by atoms with Crippen LogP contribution in [0.4, 0.5) is 4.39 Å². The summed E-state index contributed by atoms with van der Waals surface area (Å²) in [6.45, 7) is 0. The van der Waals surface area contributed by atoms with Crippen molar-refractivity contribution in [3.63, 3.8) is 0 Å². The van der Waals surface area contributed by atoms with Gasteiger partial charge in [0.05, 0.1) is 0 Å². The zero-order valence-electron chi connectivity index (χ0n) is 12.8. The third-order valence-electron chi connectivity index (χ3n) is 3.96. The third-order valence-corrected chi connectivity index (χ3v) is 5.50. The Bertz CT molecular complexity index is 842. The van der Waals surface area contributed by atoms with Crippen LogP contribution in [0.2, 0.25) is 0 Å². The Kier molecular flexibility index (Phi) is 4.41. The predicted octanol–water partition coefficient (Wildman–Crippen LogP) is 5.47. The summed E-state index contributed by atoms with van der Waals surface area (Å²) in [6.07, 6.45) is 2.30. The van der Waals surface area contributed by atoms with Gasteiger partial charge in [-0.25, -0.2) is 4.39 Å². The lowest BCUT2D eigenvalue weighted by Gasteiger charge is -2.09. The fraction of sp³-hybridized carbons (Fsp3) is 0.222. The topological polar surface area (TPSA) is 30.7 Å². The van der Waals surface area contributed by atoms with Crippen molar-refractivity contribution in [1.29, 1.82) is 0 Å². The van der Waals surface area contributed by atoms with Crippen LogP contribution in [-0.4, -0.2) is 14.8 Å². The van der Waals surface area contributed by atoms with Gasteiger partial charge in [0.1, 0.15) is 5.82 Å². The molecule has 1 fully saturated rings. The van der Waals surface area contributed by atoms with Crippen LogP contribution in [-0.2, 0) is 5.75 Å².